The molecule has 0 unspecified atom stereocenters. The fraction of sp³-hybridized carbons (Fsp3) is 0.333. The van der Waals surface area contributed by atoms with Gasteiger partial charge in [-0.15, -0.1) is 0 Å². The Morgan fingerprint density at radius 1 is 1.07 bits per heavy atom. The first kappa shape index (κ1) is 20.9. The molecule has 0 aliphatic carbocycles. The molecule has 154 valence electrons. The lowest BCUT2D eigenvalue weighted by molar-refractivity contribution is -0.119. The summed E-state index contributed by atoms with van der Waals surface area (Å²) in [5, 5.41) is 2.73. The van der Waals surface area contributed by atoms with Crippen LogP contribution in [0.5, 0.6) is 0 Å². The van der Waals surface area contributed by atoms with E-state index in [1.165, 1.54) is 12.1 Å². The van der Waals surface area contributed by atoms with Gasteiger partial charge in [-0.3, -0.25) is 14.3 Å². The Balaban J connectivity index is 1.74. The molecule has 0 bridgehead atoms. The monoisotopic (exact) mass is 415 g/mol. The van der Waals surface area contributed by atoms with Gasteiger partial charge in [0.1, 0.15) is 0 Å². The number of amides is 2. The van der Waals surface area contributed by atoms with Gasteiger partial charge in [0.15, 0.2) is 0 Å². The van der Waals surface area contributed by atoms with Crippen molar-refractivity contribution in [1.82, 2.24) is 0 Å². The summed E-state index contributed by atoms with van der Waals surface area (Å²) in [6, 6.07) is 11.1. The van der Waals surface area contributed by atoms with E-state index in [0.29, 0.717) is 24.3 Å². The Morgan fingerprint density at radius 3 is 2.28 bits per heavy atom. The molecule has 8 heteroatoms. The third kappa shape index (κ3) is 4.76. The Hall–Kier alpha value is -2.87. The van der Waals surface area contributed by atoms with Crippen LogP contribution in [0.25, 0.3) is 0 Å². The summed E-state index contributed by atoms with van der Waals surface area (Å²) < 4.78 is 27.9. The number of rotatable bonds is 6. The van der Waals surface area contributed by atoms with E-state index in [2.05, 4.69) is 10.0 Å². The maximum absolute atomic E-state index is 12.7. The smallest absolute Gasteiger partial charge is 0.261 e. The van der Waals surface area contributed by atoms with Crippen molar-refractivity contribution in [3.05, 3.63) is 48.0 Å². The van der Waals surface area contributed by atoms with Gasteiger partial charge in [0.25, 0.3) is 10.0 Å². The number of carbonyl (C=O) groups excluding carboxylic acids is 2. The summed E-state index contributed by atoms with van der Waals surface area (Å²) in [5.74, 6) is -0.209. The molecule has 0 atom stereocenters. The zero-order chi connectivity index (χ0) is 21.2. The molecule has 0 saturated carbocycles. The second kappa shape index (κ2) is 8.24. The minimum absolute atomic E-state index is 0.0890. The number of carbonyl (C=O) groups is 2. The van der Waals surface area contributed by atoms with Gasteiger partial charge >= 0.3 is 0 Å². The molecule has 3 rings (SSSR count). The van der Waals surface area contributed by atoms with Gasteiger partial charge in [-0.05, 0) is 61.4 Å². The van der Waals surface area contributed by atoms with Gasteiger partial charge in [-0.2, -0.15) is 0 Å². The maximum atomic E-state index is 12.7. The van der Waals surface area contributed by atoms with Crippen molar-refractivity contribution in [2.24, 2.45) is 5.92 Å². The molecule has 1 heterocycles. The molecule has 0 aromatic heterocycles. The van der Waals surface area contributed by atoms with Crippen molar-refractivity contribution in [2.75, 3.05) is 21.5 Å². The standard InChI is InChI=1S/C21H25N3O4S/c1-14(2)21(26)22-16-6-9-18(10-7-16)29(27,28)23-17-8-11-19(15(3)13-17)24-12-4-5-20(24)25/h6-11,13-14,23H,4-5,12H2,1-3H3,(H,22,26). The predicted molar refractivity (Wildman–Crippen MR) is 113 cm³/mol. The second-order valence-corrected chi connectivity index (χ2v) is 9.11. The Labute approximate surface area is 171 Å². The van der Waals surface area contributed by atoms with Gasteiger partial charge in [-0.1, -0.05) is 13.8 Å². The van der Waals surface area contributed by atoms with Crippen molar-refractivity contribution < 1.29 is 18.0 Å². The summed E-state index contributed by atoms with van der Waals surface area (Å²) in [4.78, 5) is 25.5. The van der Waals surface area contributed by atoms with Crippen LogP contribution in [0.2, 0.25) is 0 Å². The van der Waals surface area contributed by atoms with Gasteiger partial charge in [-0.25, -0.2) is 8.42 Å². The van der Waals surface area contributed by atoms with Gasteiger partial charge < -0.3 is 10.2 Å². The molecule has 0 spiro atoms. The Morgan fingerprint density at radius 2 is 1.72 bits per heavy atom. The molecule has 7 nitrogen and oxygen atoms in total. The molecule has 29 heavy (non-hydrogen) atoms. The van der Waals surface area contributed by atoms with E-state index in [4.69, 9.17) is 0 Å². The van der Waals surface area contributed by atoms with Crippen LogP contribution in [-0.4, -0.2) is 26.8 Å². The van der Waals surface area contributed by atoms with Crippen LogP contribution < -0.4 is 14.9 Å². The molecule has 2 aromatic rings. The average molecular weight is 416 g/mol. The van der Waals surface area contributed by atoms with E-state index in [1.807, 2.05) is 6.92 Å². The van der Waals surface area contributed by atoms with E-state index in [9.17, 15) is 18.0 Å². The Kier molecular flexibility index (Phi) is 5.93. The molecule has 1 fully saturated rings. The first-order chi connectivity index (χ1) is 13.7. The average Bonchev–Trinajstić information content (AvgIpc) is 3.07. The van der Waals surface area contributed by atoms with Crippen molar-refractivity contribution >= 4 is 38.9 Å². The van der Waals surface area contributed by atoms with Crippen LogP contribution in [0.15, 0.2) is 47.4 Å². The van der Waals surface area contributed by atoms with Gasteiger partial charge in [0.05, 0.1) is 4.90 Å². The third-order valence-electron chi connectivity index (χ3n) is 4.77. The van der Waals surface area contributed by atoms with E-state index in [0.717, 1.165) is 17.7 Å². The van der Waals surface area contributed by atoms with Crippen LogP contribution in [0, 0.1) is 12.8 Å². The van der Waals surface area contributed by atoms with E-state index >= 15 is 0 Å². The lowest BCUT2D eigenvalue weighted by atomic mass is 10.1. The number of anilines is 3. The predicted octanol–water partition coefficient (Wildman–Crippen LogP) is 3.52. The lowest BCUT2D eigenvalue weighted by Gasteiger charge is -2.19. The minimum atomic E-state index is -3.78. The van der Waals surface area contributed by atoms with E-state index in [1.54, 1.807) is 49.1 Å². The summed E-state index contributed by atoms with van der Waals surface area (Å²) >= 11 is 0. The second-order valence-electron chi connectivity index (χ2n) is 7.42. The van der Waals surface area contributed by atoms with Crippen molar-refractivity contribution in [3.8, 4) is 0 Å². The third-order valence-corrected chi connectivity index (χ3v) is 6.17. The quantitative estimate of drug-likeness (QED) is 0.755. The van der Waals surface area contributed by atoms with Gasteiger partial charge in [0.2, 0.25) is 11.8 Å². The summed E-state index contributed by atoms with van der Waals surface area (Å²) in [7, 11) is -3.78. The lowest BCUT2D eigenvalue weighted by Crippen LogP contribution is -2.24. The SMILES string of the molecule is Cc1cc(NS(=O)(=O)c2ccc(NC(=O)C(C)C)cc2)ccc1N1CCCC1=O. The number of hydrogen-bond donors (Lipinski definition) is 2. The topological polar surface area (TPSA) is 95.6 Å². The molecule has 1 aliphatic rings. The van der Waals surface area contributed by atoms with Crippen molar-refractivity contribution in [3.63, 3.8) is 0 Å². The van der Waals surface area contributed by atoms with Crippen LogP contribution >= 0.6 is 0 Å². The zero-order valence-electron chi connectivity index (χ0n) is 16.7. The van der Waals surface area contributed by atoms with Crippen LogP contribution in [0.1, 0.15) is 32.3 Å². The fourth-order valence-electron chi connectivity index (χ4n) is 3.14. The molecule has 2 aromatic carbocycles. The van der Waals surface area contributed by atoms with Gasteiger partial charge in [0, 0.05) is 35.9 Å². The molecular weight excluding hydrogens is 390 g/mol. The molecule has 2 amide bonds. The molecular formula is C21H25N3O4S. The maximum Gasteiger partial charge on any atom is 0.261 e. The first-order valence-corrected chi connectivity index (χ1v) is 11.0. The Bertz CT molecular complexity index is 1030. The summed E-state index contributed by atoms with van der Waals surface area (Å²) in [6.07, 6.45) is 1.38. The first-order valence-electron chi connectivity index (χ1n) is 9.52. The normalized spacial score (nSPS) is 14.3. The number of hydrogen-bond acceptors (Lipinski definition) is 4. The summed E-state index contributed by atoms with van der Waals surface area (Å²) in [5.41, 5.74) is 2.60. The molecule has 1 saturated heterocycles. The van der Waals surface area contributed by atoms with E-state index < -0.39 is 10.0 Å². The fourth-order valence-corrected chi connectivity index (χ4v) is 4.19. The van der Waals surface area contributed by atoms with Crippen molar-refractivity contribution in [2.45, 2.75) is 38.5 Å². The highest BCUT2D eigenvalue weighted by Crippen LogP contribution is 2.28. The zero-order valence-corrected chi connectivity index (χ0v) is 17.5. The number of nitrogens with zero attached hydrogens (tertiary/aromatic N) is 1. The molecule has 2 N–H and O–H groups in total. The highest BCUT2D eigenvalue weighted by Gasteiger charge is 2.23. The van der Waals surface area contributed by atoms with Crippen LogP contribution in [0.4, 0.5) is 17.1 Å². The van der Waals surface area contributed by atoms with Crippen LogP contribution in [-0.2, 0) is 19.6 Å². The largest absolute Gasteiger partial charge is 0.326 e. The van der Waals surface area contributed by atoms with Crippen LogP contribution in [0.3, 0.4) is 0 Å². The molecule has 1 aliphatic heterocycles. The summed E-state index contributed by atoms with van der Waals surface area (Å²) in [6.45, 7) is 6.10. The van der Waals surface area contributed by atoms with E-state index in [-0.39, 0.29) is 22.6 Å². The van der Waals surface area contributed by atoms with Crippen molar-refractivity contribution in [1.29, 1.82) is 0 Å². The number of sulfonamides is 1. The minimum Gasteiger partial charge on any atom is -0.326 e. The number of aryl methyl sites for hydroxylation is 1. The highest BCUT2D eigenvalue weighted by molar-refractivity contribution is 7.92. The molecule has 0 radical (unpaired) electrons. The highest BCUT2D eigenvalue weighted by atomic mass is 32.2. The number of benzene rings is 2. The number of nitrogens with one attached hydrogen (secondary N) is 2.